The van der Waals surface area contributed by atoms with Gasteiger partial charge < -0.3 is 4.90 Å². The molecule has 1 atom stereocenters. The Kier molecular flexibility index (Phi) is 3.57. The molecule has 1 aliphatic heterocycles. The second-order valence-electron chi connectivity index (χ2n) is 5.01. The zero-order valence-electron chi connectivity index (χ0n) is 11.3. The van der Waals surface area contributed by atoms with Crippen LogP contribution in [-0.2, 0) is 0 Å². The van der Waals surface area contributed by atoms with E-state index in [0.717, 1.165) is 24.6 Å². The van der Waals surface area contributed by atoms with E-state index in [1.165, 1.54) is 12.1 Å². The van der Waals surface area contributed by atoms with Crippen molar-refractivity contribution in [2.75, 3.05) is 4.90 Å². The summed E-state index contributed by atoms with van der Waals surface area (Å²) in [6, 6.07) is 12.5. The average molecular weight is 283 g/mol. The van der Waals surface area contributed by atoms with Gasteiger partial charge in [0.15, 0.2) is 0 Å². The molecular weight excluding hydrogens is 270 g/mol. The average Bonchev–Trinajstić information content (AvgIpc) is 2.99. The van der Waals surface area contributed by atoms with Gasteiger partial charge >= 0.3 is 0 Å². The maximum atomic E-state index is 14.0. The summed E-state index contributed by atoms with van der Waals surface area (Å²) in [5, 5.41) is 8.83. The molecule has 105 valence electrons. The van der Waals surface area contributed by atoms with E-state index in [4.69, 9.17) is 5.26 Å². The Bertz CT molecular complexity index is 689. The molecule has 0 spiro atoms. The van der Waals surface area contributed by atoms with E-state index in [-0.39, 0.29) is 6.04 Å². The van der Waals surface area contributed by atoms with Crippen molar-refractivity contribution in [2.45, 2.75) is 18.9 Å². The van der Waals surface area contributed by atoms with Crippen LogP contribution in [0.4, 0.5) is 14.5 Å². The zero-order chi connectivity index (χ0) is 14.8. The van der Waals surface area contributed by atoms with Crippen LogP contribution in [0.5, 0.6) is 0 Å². The first-order chi connectivity index (χ1) is 10.2. The first-order valence-corrected chi connectivity index (χ1v) is 6.76. The SMILES string of the molecule is N#Cc1ccc(N2[CH]CC[C@@H]2c2cc(F)ccc2F)cc1. The monoisotopic (exact) mass is 283 g/mol. The van der Waals surface area contributed by atoms with Crippen LogP contribution in [0.3, 0.4) is 0 Å². The van der Waals surface area contributed by atoms with Crippen LogP contribution in [0.1, 0.15) is 30.0 Å². The first-order valence-electron chi connectivity index (χ1n) is 6.76. The molecule has 0 unspecified atom stereocenters. The Labute approximate surface area is 122 Å². The molecule has 1 aliphatic rings. The van der Waals surface area contributed by atoms with Gasteiger partial charge in [-0.05, 0) is 55.3 Å². The van der Waals surface area contributed by atoms with Gasteiger partial charge in [0.1, 0.15) is 11.6 Å². The summed E-state index contributed by atoms with van der Waals surface area (Å²) in [5.74, 6) is -0.826. The Morgan fingerprint density at radius 3 is 2.57 bits per heavy atom. The molecule has 2 nitrogen and oxygen atoms in total. The zero-order valence-corrected chi connectivity index (χ0v) is 11.3. The van der Waals surface area contributed by atoms with Gasteiger partial charge in [-0.3, -0.25) is 0 Å². The second kappa shape index (κ2) is 5.53. The molecule has 0 aromatic heterocycles. The number of nitriles is 1. The van der Waals surface area contributed by atoms with E-state index in [0.29, 0.717) is 11.1 Å². The van der Waals surface area contributed by atoms with Crippen molar-refractivity contribution in [1.82, 2.24) is 0 Å². The summed E-state index contributed by atoms with van der Waals surface area (Å²) in [6.07, 6.45) is 1.54. The van der Waals surface area contributed by atoms with E-state index >= 15 is 0 Å². The number of benzene rings is 2. The van der Waals surface area contributed by atoms with Crippen molar-refractivity contribution in [1.29, 1.82) is 5.26 Å². The third-order valence-electron chi connectivity index (χ3n) is 3.71. The fraction of sp³-hybridized carbons (Fsp3) is 0.176. The highest BCUT2D eigenvalue weighted by Crippen LogP contribution is 2.39. The van der Waals surface area contributed by atoms with E-state index in [2.05, 4.69) is 6.07 Å². The van der Waals surface area contributed by atoms with Crippen molar-refractivity contribution in [2.24, 2.45) is 0 Å². The fourth-order valence-corrected chi connectivity index (χ4v) is 2.71. The third-order valence-corrected chi connectivity index (χ3v) is 3.71. The van der Waals surface area contributed by atoms with Gasteiger partial charge in [0.25, 0.3) is 0 Å². The molecular formula is C17H13F2N2. The molecule has 1 fully saturated rings. The molecule has 21 heavy (non-hydrogen) atoms. The highest BCUT2D eigenvalue weighted by molar-refractivity contribution is 5.54. The van der Waals surface area contributed by atoms with E-state index < -0.39 is 11.6 Å². The first kappa shape index (κ1) is 13.6. The number of halogens is 2. The Balaban J connectivity index is 1.95. The maximum absolute atomic E-state index is 14.0. The maximum Gasteiger partial charge on any atom is 0.128 e. The Morgan fingerprint density at radius 1 is 1.10 bits per heavy atom. The normalized spacial score (nSPS) is 17.8. The van der Waals surface area contributed by atoms with Crippen LogP contribution in [0.15, 0.2) is 42.5 Å². The smallest absolute Gasteiger partial charge is 0.128 e. The van der Waals surface area contributed by atoms with Gasteiger partial charge in [0, 0.05) is 11.3 Å². The molecule has 0 saturated carbocycles. The Morgan fingerprint density at radius 2 is 1.86 bits per heavy atom. The van der Waals surface area contributed by atoms with Crippen LogP contribution in [0, 0.1) is 29.5 Å². The minimum absolute atomic E-state index is 0.214. The van der Waals surface area contributed by atoms with Crippen LogP contribution >= 0.6 is 0 Å². The van der Waals surface area contributed by atoms with E-state index in [9.17, 15) is 8.78 Å². The Hall–Kier alpha value is -2.41. The lowest BCUT2D eigenvalue weighted by atomic mass is 10.0. The van der Waals surface area contributed by atoms with Gasteiger partial charge in [-0.2, -0.15) is 5.26 Å². The van der Waals surface area contributed by atoms with Crippen molar-refractivity contribution < 1.29 is 8.78 Å². The van der Waals surface area contributed by atoms with Gasteiger partial charge in [-0.25, -0.2) is 8.78 Å². The molecule has 2 aromatic rings. The molecule has 0 amide bonds. The highest BCUT2D eigenvalue weighted by Gasteiger charge is 2.29. The third kappa shape index (κ3) is 2.59. The topological polar surface area (TPSA) is 27.0 Å². The van der Waals surface area contributed by atoms with Crippen molar-refractivity contribution in [3.63, 3.8) is 0 Å². The summed E-state index contributed by atoms with van der Waals surface area (Å²) < 4.78 is 27.4. The summed E-state index contributed by atoms with van der Waals surface area (Å²) >= 11 is 0. The molecule has 3 rings (SSSR count). The van der Waals surface area contributed by atoms with Crippen LogP contribution in [0.25, 0.3) is 0 Å². The summed E-state index contributed by atoms with van der Waals surface area (Å²) in [6.45, 7) is 1.98. The molecule has 0 aliphatic carbocycles. The minimum atomic E-state index is -0.432. The number of anilines is 1. The van der Waals surface area contributed by atoms with Gasteiger partial charge in [0.05, 0.1) is 24.2 Å². The van der Waals surface area contributed by atoms with Gasteiger partial charge in [-0.1, -0.05) is 0 Å². The molecule has 0 N–H and O–H groups in total. The van der Waals surface area contributed by atoms with Crippen molar-refractivity contribution >= 4 is 5.69 Å². The van der Waals surface area contributed by atoms with Crippen LogP contribution in [-0.4, -0.2) is 0 Å². The second-order valence-corrected chi connectivity index (χ2v) is 5.01. The number of nitrogens with zero attached hydrogens (tertiary/aromatic N) is 2. The van der Waals surface area contributed by atoms with Crippen LogP contribution < -0.4 is 4.90 Å². The number of rotatable bonds is 2. The fourth-order valence-electron chi connectivity index (χ4n) is 2.71. The summed E-state index contributed by atoms with van der Waals surface area (Å²) in [5.41, 5.74) is 1.82. The summed E-state index contributed by atoms with van der Waals surface area (Å²) in [4.78, 5) is 1.94. The molecule has 1 saturated heterocycles. The van der Waals surface area contributed by atoms with Crippen molar-refractivity contribution in [3.05, 3.63) is 71.8 Å². The largest absolute Gasteiger partial charge is 0.359 e. The lowest BCUT2D eigenvalue weighted by Crippen LogP contribution is -2.20. The predicted molar refractivity (Wildman–Crippen MR) is 76.3 cm³/mol. The van der Waals surface area contributed by atoms with E-state index in [1.807, 2.05) is 23.6 Å². The molecule has 1 heterocycles. The van der Waals surface area contributed by atoms with Crippen LogP contribution in [0.2, 0.25) is 0 Å². The number of hydrogen-bond donors (Lipinski definition) is 0. The van der Waals surface area contributed by atoms with Gasteiger partial charge in [0.2, 0.25) is 0 Å². The lowest BCUT2D eigenvalue weighted by Gasteiger charge is -2.27. The minimum Gasteiger partial charge on any atom is -0.359 e. The number of hydrogen-bond acceptors (Lipinski definition) is 2. The highest BCUT2D eigenvalue weighted by atomic mass is 19.1. The molecule has 4 heteroatoms. The van der Waals surface area contributed by atoms with Gasteiger partial charge in [-0.15, -0.1) is 0 Å². The molecule has 0 bridgehead atoms. The summed E-state index contributed by atoms with van der Waals surface area (Å²) in [7, 11) is 0. The van der Waals surface area contributed by atoms with Crippen molar-refractivity contribution in [3.8, 4) is 6.07 Å². The standard InChI is InChI=1S/C17H13F2N2/c18-13-5-8-16(19)15(10-13)17-2-1-9-21(17)14-6-3-12(11-20)4-7-14/h3-10,17H,1-2H2/t17-/m1/s1. The van der Waals surface area contributed by atoms with E-state index in [1.54, 1.807) is 12.1 Å². The lowest BCUT2D eigenvalue weighted by molar-refractivity contribution is 0.562. The predicted octanol–water partition coefficient (Wildman–Crippen LogP) is 4.34. The molecule has 2 aromatic carbocycles. The molecule has 1 radical (unpaired) electrons. The quantitative estimate of drug-likeness (QED) is 0.819.